The Kier molecular flexibility index (Phi) is 3.79. The first kappa shape index (κ1) is 12.8. The molecule has 1 fully saturated rings. The molecule has 0 spiro atoms. The molecule has 0 bridgehead atoms. The van der Waals surface area contributed by atoms with E-state index in [9.17, 15) is 4.79 Å². The van der Waals surface area contributed by atoms with Crippen molar-refractivity contribution < 1.29 is 4.79 Å². The molecule has 1 aromatic rings. The summed E-state index contributed by atoms with van der Waals surface area (Å²) < 4.78 is 0. The third-order valence-corrected chi connectivity index (χ3v) is 3.37. The van der Waals surface area contributed by atoms with Gasteiger partial charge in [-0.05, 0) is 38.3 Å². The van der Waals surface area contributed by atoms with Crippen molar-refractivity contribution in [3.8, 4) is 0 Å². The number of carbonyl (C=O) groups is 1. The second-order valence-electron chi connectivity index (χ2n) is 4.96. The van der Waals surface area contributed by atoms with Gasteiger partial charge in [0, 0.05) is 26.1 Å². The molecule has 2 heterocycles. The van der Waals surface area contributed by atoms with Gasteiger partial charge in [0.05, 0.1) is 5.69 Å². The number of hydrogen-bond donors (Lipinski definition) is 1. The van der Waals surface area contributed by atoms with Crippen molar-refractivity contribution in [2.45, 2.75) is 39.7 Å². The number of anilines is 1. The lowest BCUT2D eigenvalue weighted by Crippen LogP contribution is -2.47. The zero-order chi connectivity index (χ0) is 13.1. The zero-order valence-corrected chi connectivity index (χ0v) is 11.2. The molecule has 0 aromatic carbocycles. The molecule has 0 aliphatic carbocycles. The molecule has 1 aliphatic heterocycles. The molecular weight excluding hydrogens is 228 g/mol. The van der Waals surface area contributed by atoms with E-state index in [4.69, 9.17) is 0 Å². The first-order valence-electron chi connectivity index (χ1n) is 6.39. The third-order valence-electron chi connectivity index (χ3n) is 3.37. The number of amides is 1. The van der Waals surface area contributed by atoms with Crippen LogP contribution in [-0.2, 0) is 4.79 Å². The number of hydrogen-bond acceptors (Lipinski definition) is 4. The van der Waals surface area contributed by atoms with E-state index >= 15 is 0 Å². The summed E-state index contributed by atoms with van der Waals surface area (Å²) in [4.78, 5) is 13.3. The van der Waals surface area contributed by atoms with Crippen molar-refractivity contribution in [2.75, 3.05) is 18.0 Å². The van der Waals surface area contributed by atoms with Gasteiger partial charge in [-0.1, -0.05) is 0 Å². The van der Waals surface area contributed by atoms with E-state index in [0.29, 0.717) is 0 Å². The molecule has 1 N–H and O–H groups in total. The molecule has 5 nitrogen and oxygen atoms in total. The number of piperidine rings is 1. The van der Waals surface area contributed by atoms with Gasteiger partial charge < -0.3 is 10.2 Å². The maximum Gasteiger partial charge on any atom is 0.217 e. The number of nitrogens with one attached hydrogen (secondary N) is 1. The van der Waals surface area contributed by atoms with E-state index in [1.807, 2.05) is 13.8 Å². The summed E-state index contributed by atoms with van der Waals surface area (Å²) >= 11 is 0. The van der Waals surface area contributed by atoms with Crippen molar-refractivity contribution in [3.63, 3.8) is 0 Å². The fourth-order valence-corrected chi connectivity index (χ4v) is 2.28. The van der Waals surface area contributed by atoms with Gasteiger partial charge in [0.2, 0.25) is 5.91 Å². The van der Waals surface area contributed by atoms with Crippen LogP contribution >= 0.6 is 0 Å². The molecule has 1 aromatic heterocycles. The van der Waals surface area contributed by atoms with Crippen LogP contribution in [0.4, 0.5) is 5.82 Å². The second kappa shape index (κ2) is 5.33. The van der Waals surface area contributed by atoms with Crippen LogP contribution in [-0.4, -0.2) is 35.2 Å². The first-order valence-corrected chi connectivity index (χ1v) is 6.39. The lowest BCUT2D eigenvalue weighted by atomic mass is 10.1. The van der Waals surface area contributed by atoms with E-state index < -0.39 is 0 Å². The summed E-state index contributed by atoms with van der Waals surface area (Å²) in [5.74, 6) is 0.946. The maximum atomic E-state index is 11.1. The van der Waals surface area contributed by atoms with Crippen LogP contribution < -0.4 is 10.2 Å². The van der Waals surface area contributed by atoms with Gasteiger partial charge in [0.25, 0.3) is 0 Å². The summed E-state index contributed by atoms with van der Waals surface area (Å²) in [6.07, 6.45) is 2.11. The Balaban J connectivity index is 2.08. The highest BCUT2D eigenvalue weighted by Gasteiger charge is 2.21. The Hall–Kier alpha value is -1.65. The Morgan fingerprint density at radius 2 is 2.22 bits per heavy atom. The lowest BCUT2D eigenvalue weighted by molar-refractivity contribution is -0.119. The minimum absolute atomic E-state index is 0.0352. The number of rotatable bonds is 2. The first-order chi connectivity index (χ1) is 8.56. The average Bonchev–Trinajstić information content (AvgIpc) is 2.32. The second-order valence-corrected chi connectivity index (χ2v) is 4.96. The van der Waals surface area contributed by atoms with E-state index in [1.165, 1.54) is 0 Å². The minimum Gasteiger partial charge on any atom is -0.353 e. The predicted molar refractivity (Wildman–Crippen MR) is 70.6 cm³/mol. The number of carbonyl (C=O) groups excluding carboxylic acids is 1. The maximum absolute atomic E-state index is 11.1. The molecule has 5 heteroatoms. The zero-order valence-electron chi connectivity index (χ0n) is 11.2. The Morgan fingerprint density at radius 1 is 1.44 bits per heavy atom. The van der Waals surface area contributed by atoms with E-state index in [2.05, 4.69) is 26.5 Å². The quantitative estimate of drug-likeness (QED) is 0.854. The predicted octanol–water partition coefficient (Wildman–Crippen LogP) is 1.20. The largest absolute Gasteiger partial charge is 0.353 e. The van der Waals surface area contributed by atoms with Gasteiger partial charge in [-0.3, -0.25) is 4.79 Å². The summed E-state index contributed by atoms with van der Waals surface area (Å²) in [6.45, 7) is 7.37. The van der Waals surface area contributed by atoms with Gasteiger partial charge in [0.1, 0.15) is 0 Å². The van der Waals surface area contributed by atoms with Gasteiger partial charge in [0.15, 0.2) is 5.82 Å². The van der Waals surface area contributed by atoms with Crippen LogP contribution in [0.2, 0.25) is 0 Å². The topological polar surface area (TPSA) is 58.1 Å². The normalized spacial score (nSPS) is 19.7. The molecule has 98 valence electrons. The molecule has 1 saturated heterocycles. The van der Waals surface area contributed by atoms with E-state index in [0.717, 1.165) is 43.0 Å². The van der Waals surface area contributed by atoms with Gasteiger partial charge in [-0.25, -0.2) is 0 Å². The standard InChI is InChI=1S/C13H20N4O/c1-9-7-13(16-15-10(9)2)17-6-4-5-12(8-17)14-11(3)18/h7,12H,4-6,8H2,1-3H3,(H,14,18). The molecule has 0 radical (unpaired) electrons. The molecule has 1 unspecified atom stereocenters. The fourth-order valence-electron chi connectivity index (χ4n) is 2.28. The summed E-state index contributed by atoms with van der Waals surface area (Å²) in [6, 6.07) is 2.29. The Bertz CT molecular complexity index is 447. The molecule has 18 heavy (non-hydrogen) atoms. The number of aryl methyl sites for hydroxylation is 2. The molecule has 1 aliphatic rings. The van der Waals surface area contributed by atoms with Crippen molar-refractivity contribution in [1.82, 2.24) is 15.5 Å². The average molecular weight is 248 g/mol. The molecule has 1 amide bonds. The number of nitrogens with zero attached hydrogens (tertiary/aromatic N) is 3. The van der Waals surface area contributed by atoms with Gasteiger partial charge >= 0.3 is 0 Å². The van der Waals surface area contributed by atoms with Gasteiger partial charge in [-0.15, -0.1) is 5.10 Å². The van der Waals surface area contributed by atoms with Crippen LogP contribution in [0, 0.1) is 13.8 Å². The molecule has 1 atom stereocenters. The molecule has 2 rings (SSSR count). The number of aromatic nitrogens is 2. The third kappa shape index (κ3) is 2.97. The fraction of sp³-hybridized carbons (Fsp3) is 0.615. The van der Waals surface area contributed by atoms with Crippen molar-refractivity contribution >= 4 is 11.7 Å². The summed E-state index contributed by atoms with van der Waals surface area (Å²) in [7, 11) is 0. The lowest BCUT2D eigenvalue weighted by Gasteiger charge is -2.33. The highest BCUT2D eigenvalue weighted by Crippen LogP contribution is 2.18. The Morgan fingerprint density at radius 3 is 2.89 bits per heavy atom. The highest BCUT2D eigenvalue weighted by atomic mass is 16.1. The summed E-state index contributed by atoms with van der Waals surface area (Å²) in [5.41, 5.74) is 2.12. The summed E-state index contributed by atoms with van der Waals surface area (Å²) in [5, 5.41) is 11.4. The van der Waals surface area contributed by atoms with Crippen molar-refractivity contribution in [3.05, 3.63) is 17.3 Å². The van der Waals surface area contributed by atoms with E-state index in [-0.39, 0.29) is 11.9 Å². The van der Waals surface area contributed by atoms with E-state index in [1.54, 1.807) is 6.92 Å². The smallest absolute Gasteiger partial charge is 0.217 e. The van der Waals surface area contributed by atoms with Crippen molar-refractivity contribution in [1.29, 1.82) is 0 Å². The monoisotopic (exact) mass is 248 g/mol. The van der Waals surface area contributed by atoms with Crippen LogP contribution in [0.3, 0.4) is 0 Å². The van der Waals surface area contributed by atoms with Crippen LogP contribution in [0.25, 0.3) is 0 Å². The Labute approximate surface area is 108 Å². The minimum atomic E-state index is 0.0352. The van der Waals surface area contributed by atoms with Crippen LogP contribution in [0.15, 0.2) is 6.07 Å². The molecular formula is C13H20N4O. The van der Waals surface area contributed by atoms with Crippen molar-refractivity contribution in [2.24, 2.45) is 0 Å². The highest BCUT2D eigenvalue weighted by molar-refractivity contribution is 5.73. The van der Waals surface area contributed by atoms with Crippen LogP contribution in [0.5, 0.6) is 0 Å². The van der Waals surface area contributed by atoms with Gasteiger partial charge in [-0.2, -0.15) is 5.10 Å². The SMILES string of the molecule is CC(=O)NC1CCCN(c2cc(C)c(C)nn2)C1. The van der Waals surface area contributed by atoms with Crippen LogP contribution in [0.1, 0.15) is 31.0 Å². The molecule has 0 saturated carbocycles.